The number of hydrogen-bond acceptors (Lipinski definition) is 18. The van der Waals surface area contributed by atoms with Crippen molar-refractivity contribution >= 4 is 62.6 Å². The Kier molecular flexibility index (Phi) is 16.3. The summed E-state index contributed by atoms with van der Waals surface area (Å²) in [7, 11) is 9.46. The van der Waals surface area contributed by atoms with Gasteiger partial charge in [0.25, 0.3) is 0 Å². The zero-order valence-electron chi connectivity index (χ0n) is 40.3. The highest BCUT2D eigenvalue weighted by Crippen LogP contribution is 2.41. The van der Waals surface area contributed by atoms with Crippen molar-refractivity contribution < 1.29 is 38.6 Å². The number of fused-ring (bicyclic) bond motifs is 2. The van der Waals surface area contributed by atoms with Gasteiger partial charge in [-0.2, -0.15) is 9.97 Å². The van der Waals surface area contributed by atoms with Crippen LogP contribution in [-0.2, 0) is 0 Å². The van der Waals surface area contributed by atoms with Gasteiger partial charge in [-0.25, -0.2) is 19.9 Å². The smallest absolute Gasteiger partial charge is 0.228 e. The fourth-order valence-corrected chi connectivity index (χ4v) is 8.54. The van der Waals surface area contributed by atoms with Gasteiger partial charge >= 0.3 is 0 Å². The Morgan fingerprint density at radius 3 is 1.58 bits per heavy atom. The number of anilines is 5. The lowest BCUT2D eigenvalue weighted by molar-refractivity contribution is 0.255. The van der Waals surface area contributed by atoms with E-state index < -0.39 is 0 Å². The van der Waals surface area contributed by atoms with Crippen LogP contribution in [0.4, 0.5) is 29.2 Å². The van der Waals surface area contributed by atoms with Crippen LogP contribution in [0.5, 0.6) is 34.5 Å². The summed E-state index contributed by atoms with van der Waals surface area (Å²) in [4.78, 5) is 29.1. The number of aliphatic hydroxyl groups is 2. The molecule has 10 rings (SSSR count). The van der Waals surface area contributed by atoms with Gasteiger partial charge in [-0.05, 0) is 68.1 Å². The number of aliphatic hydroxyl groups excluding tert-OH is 2. The average molecular weight is 990 g/mol. The van der Waals surface area contributed by atoms with Gasteiger partial charge in [-0.15, -0.1) is 0 Å². The van der Waals surface area contributed by atoms with Gasteiger partial charge in [0, 0.05) is 47.6 Å². The van der Waals surface area contributed by atoms with E-state index in [1.807, 2.05) is 94.3 Å². The molecule has 4 aromatic carbocycles. The lowest BCUT2D eigenvalue weighted by Crippen LogP contribution is -2.33. The molecule has 2 atom stereocenters. The van der Waals surface area contributed by atoms with Crippen molar-refractivity contribution in [1.29, 1.82) is 0 Å². The summed E-state index contributed by atoms with van der Waals surface area (Å²) in [6, 6.07) is 23.3. The van der Waals surface area contributed by atoms with Crippen molar-refractivity contribution in [3.05, 3.63) is 103 Å². The van der Waals surface area contributed by atoms with Crippen LogP contribution in [0.3, 0.4) is 0 Å². The van der Waals surface area contributed by atoms with E-state index in [1.54, 1.807) is 55.3 Å². The number of imidazole rings is 2. The van der Waals surface area contributed by atoms with E-state index >= 15 is 0 Å². The zero-order chi connectivity index (χ0) is 49.9. The van der Waals surface area contributed by atoms with Crippen LogP contribution in [-0.4, -0.2) is 130 Å². The van der Waals surface area contributed by atoms with E-state index in [0.29, 0.717) is 76.4 Å². The molecule has 2 fully saturated rings. The molecule has 4 aromatic heterocycles. The Hall–Kier alpha value is -7.65. The first-order chi connectivity index (χ1) is 34.7. The third-order valence-electron chi connectivity index (χ3n) is 11.9. The Balaban J connectivity index is 0.000000169. The molecule has 0 unspecified atom stereocenters. The highest BCUT2D eigenvalue weighted by atomic mass is 35.5. The van der Waals surface area contributed by atoms with Crippen LogP contribution in [0.2, 0.25) is 5.28 Å². The van der Waals surface area contributed by atoms with Crippen LogP contribution < -0.4 is 49.3 Å². The van der Waals surface area contributed by atoms with Gasteiger partial charge < -0.3 is 68.6 Å². The first kappa shape index (κ1) is 49.8. The Morgan fingerprint density at radius 1 is 0.620 bits per heavy atom. The maximum absolute atomic E-state index is 9.78. The molecule has 0 bridgehead atoms. The molecule has 71 heavy (non-hydrogen) atoms. The Bertz CT molecular complexity index is 3010. The van der Waals surface area contributed by atoms with E-state index in [4.69, 9.17) is 55.1 Å². The topological polar surface area (TPSA) is 222 Å². The van der Waals surface area contributed by atoms with Crippen LogP contribution in [0, 0.1) is 0 Å². The van der Waals surface area contributed by atoms with Gasteiger partial charge in [-0.1, -0.05) is 24.3 Å². The van der Waals surface area contributed by atoms with Gasteiger partial charge in [-0.3, -0.25) is 0 Å². The predicted molar refractivity (Wildman–Crippen MR) is 273 cm³/mol. The van der Waals surface area contributed by atoms with Gasteiger partial charge in [0.05, 0.1) is 96.7 Å². The van der Waals surface area contributed by atoms with E-state index in [9.17, 15) is 5.11 Å². The standard InChI is InChI=1S/C25H28N6O4.C20H18ClN5O3.C5H11NO/c1-33-20-11-17(12-21(34-2)23(20)35-3)30-13-22(26-15-30)28-24-18-8-4-5-9-19(18)27-25(29-24)31-10-6-7-16(31)14-32;1-27-15-8-12(9-16(28-2)18(15)29-3)26-10-17(22-11-26)24-19-13-6-4-5-7-14(13)23-20(21)25-19;7-4-5-2-1-3-6-5/h4-5,8-9,11-13,15-16,32H,6-7,10,14H2,1-3H3,(H,27,28,29);4-11H,1-3H3,(H,23,24,25);5-7H,1-4H2/t16-;;5-/m1.1/s1. The molecular weight excluding hydrogens is 932 g/mol. The van der Waals surface area contributed by atoms with Crippen molar-refractivity contribution in [2.75, 3.05) is 84.5 Å². The molecule has 8 aromatic rings. The van der Waals surface area contributed by atoms with Gasteiger partial charge in [0.1, 0.15) is 35.9 Å². The molecule has 2 aliphatic rings. The molecule has 21 heteroatoms. The number of nitrogens with one attached hydrogen (secondary N) is 3. The minimum Gasteiger partial charge on any atom is -0.493 e. The first-order valence-electron chi connectivity index (χ1n) is 22.8. The highest BCUT2D eigenvalue weighted by Gasteiger charge is 2.27. The molecule has 6 heterocycles. The largest absolute Gasteiger partial charge is 0.493 e. The highest BCUT2D eigenvalue weighted by molar-refractivity contribution is 6.28. The fraction of sp³-hybridized carbons (Fsp3) is 0.320. The molecule has 2 aliphatic heterocycles. The normalized spacial score (nSPS) is 15.1. The second-order valence-electron chi connectivity index (χ2n) is 16.2. The van der Waals surface area contributed by atoms with Crippen molar-refractivity contribution in [1.82, 2.24) is 44.4 Å². The number of benzene rings is 4. The lowest BCUT2D eigenvalue weighted by Gasteiger charge is -2.23. The number of methoxy groups -OCH3 is 6. The van der Waals surface area contributed by atoms with Crippen LogP contribution in [0.15, 0.2) is 97.8 Å². The van der Waals surface area contributed by atoms with Crippen molar-refractivity contribution in [2.45, 2.75) is 37.8 Å². The Morgan fingerprint density at radius 2 is 1.13 bits per heavy atom. The summed E-state index contributed by atoms with van der Waals surface area (Å²) in [6.07, 6.45) is 11.4. The minimum atomic E-state index is 0.0308. The SMILES string of the molecule is COc1cc(-n2cnc(Nc3nc(Cl)nc4ccccc34)c2)cc(OC)c1OC.COc1cc(-n2cnc(Nc3nc(N4CCC[C@@H]4CO)nc4ccccc34)c2)cc(OC)c1OC.OC[C@H]1CCCN1. The summed E-state index contributed by atoms with van der Waals surface area (Å²) < 4.78 is 36.3. The third kappa shape index (κ3) is 11.4. The van der Waals surface area contributed by atoms with Crippen LogP contribution >= 0.6 is 11.6 Å². The number of rotatable bonds is 15. The van der Waals surface area contributed by atoms with Crippen molar-refractivity contribution in [3.8, 4) is 45.9 Å². The number of halogens is 1. The molecular formula is C50H57ClN12O8. The number of para-hydroxylation sites is 2. The summed E-state index contributed by atoms with van der Waals surface area (Å²) in [5.41, 5.74) is 3.17. The maximum Gasteiger partial charge on any atom is 0.228 e. The quantitative estimate of drug-likeness (QED) is 0.0627. The second-order valence-corrected chi connectivity index (χ2v) is 16.6. The third-order valence-corrected chi connectivity index (χ3v) is 12.1. The van der Waals surface area contributed by atoms with Crippen molar-refractivity contribution in [3.63, 3.8) is 0 Å². The molecule has 372 valence electrons. The number of aromatic nitrogens is 8. The van der Waals surface area contributed by atoms with Gasteiger partial charge in [0.15, 0.2) is 23.0 Å². The number of nitrogens with zero attached hydrogens (tertiary/aromatic N) is 9. The molecule has 5 N–H and O–H groups in total. The molecule has 2 saturated heterocycles. The minimum absolute atomic E-state index is 0.0308. The fourth-order valence-electron chi connectivity index (χ4n) is 8.37. The van der Waals surface area contributed by atoms with E-state index in [2.05, 4.69) is 40.8 Å². The molecule has 0 spiro atoms. The van der Waals surface area contributed by atoms with E-state index in [1.165, 1.54) is 6.42 Å². The lowest BCUT2D eigenvalue weighted by atomic mass is 10.2. The molecule has 0 amide bonds. The van der Waals surface area contributed by atoms with Crippen LogP contribution in [0.1, 0.15) is 25.7 Å². The molecule has 0 saturated carbocycles. The summed E-state index contributed by atoms with van der Waals surface area (Å²) in [5, 5.41) is 29.9. The first-order valence-corrected chi connectivity index (χ1v) is 23.2. The van der Waals surface area contributed by atoms with Gasteiger partial charge in [0.2, 0.25) is 22.7 Å². The van der Waals surface area contributed by atoms with Crippen molar-refractivity contribution in [2.24, 2.45) is 0 Å². The average Bonchev–Trinajstić information content (AvgIpc) is 4.27. The molecule has 0 aliphatic carbocycles. The summed E-state index contributed by atoms with van der Waals surface area (Å²) in [5.74, 6) is 6.33. The Labute approximate surface area is 415 Å². The summed E-state index contributed by atoms with van der Waals surface area (Å²) in [6.45, 7) is 2.29. The van der Waals surface area contributed by atoms with E-state index in [-0.39, 0.29) is 17.9 Å². The second kappa shape index (κ2) is 23.3. The van der Waals surface area contributed by atoms with Crippen LogP contribution in [0.25, 0.3) is 33.2 Å². The van der Waals surface area contributed by atoms with E-state index in [0.717, 1.165) is 65.5 Å². The predicted octanol–water partition coefficient (Wildman–Crippen LogP) is 7.52. The zero-order valence-corrected chi connectivity index (χ0v) is 41.1. The summed E-state index contributed by atoms with van der Waals surface area (Å²) >= 11 is 6.06. The molecule has 0 radical (unpaired) electrons. The number of ether oxygens (including phenoxy) is 6. The number of hydrogen-bond donors (Lipinski definition) is 5. The maximum atomic E-state index is 9.78. The molecule has 20 nitrogen and oxygen atoms in total. The monoisotopic (exact) mass is 988 g/mol.